The van der Waals surface area contributed by atoms with Crippen LogP contribution in [0.3, 0.4) is 0 Å². The highest BCUT2D eigenvalue weighted by molar-refractivity contribution is 9.10. The van der Waals surface area contributed by atoms with Crippen LogP contribution in [0, 0.1) is 0 Å². The number of ether oxygens (including phenoxy) is 1. The van der Waals surface area contributed by atoms with Crippen molar-refractivity contribution < 1.29 is 4.74 Å². The average Bonchev–Trinajstić information content (AvgIpc) is 2.09. The summed E-state index contributed by atoms with van der Waals surface area (Å²) in [5, 5.41) is 3.14. The molecule has 0 atom stereocenters. The average molecular weight is 230 g/mol. The molecule has 0 radical (unpaired) electrons. The highest BCUT2D eigenvalue weighted by Gasteiger charge is 1.95. The second-order valence-corrected chi connectivity index (χ2v) is 3.31. The third-order valence-electron chi connectivity index (χ3n) is 1.52. The molecule has 0 aliphatic carbocycles. The molecule has 0 bridgehead atoms. The molecule has 1 aromatic carbocycles. The standard InChI is InChI=1S/C9H12BrNO/c1-12-7-11-6-8-4-2-3-5-9(8)10/h2-5,11H,6-7H2,1H3. The molecule has 0 aliphatic rings. The van der Waals surface area contributed by atoms with Crippen molar-refractivity contribution in [3.05, 3.63) is 34.3 Å². The number of methoxy groups -OCH3 is 1. The van der Waals surface area contributed by atoms with Crippen LogP contribution in [0.5, 0.6) is 0 Å². The van der Waals surface area contributed by atoms with E-state index in [9.17, 15) is 0 Å². The maximum absolute atomic E-state index is 4.88. The zero-order valence-corrected chi connectivity index (χ0v) is 8.60. The number of benzene rings is 1. The van der Waals surface area contributed by atoms with Gasteiger partial charge in [-0.1, -0.05) is 34.1 Å². The molecule has 12 heavy (non-hydrogen) atoms. The molecule has 0 spiro atoms. The minimum Gasteiger partial charge on any atom is -0.370 e. The van der Waals surface area contributed by atoms with Crippen molar-refractivity contribution in [3.63, 3.8) is 0 Å². The summed E-state index contributed by atoms with van der Waals surface area (Å²) < 4.78 is 6.01. The predicted octanol–water partition coefficient (Wildman–Crippen LogP) is 2.14. The Kier molecular flexibility index (Phi) is 4.29. The molecular formula is C9H12BrNO. The number of hydrogen-bond donors (Lipinski definition) is 1. The van der Waals surface area contributed by atoms with Crippen molar-refractivity contribution >= 4 is 15.9 Å². The number of hydrogen-bond acceptors (Lipinski definition) is 2. The molecule has 0 saturated heterocycles. The molecule has 1 rings (SSSR count). The fraction of sp³-hybridized carbons (Fsp3) is 0.333. The van der Waals surface area contributed by atoms with Gasteiger partial charge in [0.25, 0.3) is 0 Å². The van der Waals surface area contributed by atoms with Crippen LogP contribution in [0.2, 0.25) is 0 Å². The van der Waals surface area contributed by atoms with Gasteiger partial charge in [-0.15, -0.1) is 0 Å². The monoisotopic (exact) mass is 229 g/mol. The lowest BCUT2D eigenvalue weighted by atomic mass is 10.2. The van der Waals surface area contributed by atoms with Gasteiger partial charge in [-0.2, -0.15) is 0 Å². The van der Waals surface area contributed by atoms with E-state index in [2.05, 4.69) is 27.3 Å². The number of rotatable bonds is 4. The molecular weight excluding hydrogens is 218 g/mol. The third-order valence-corrected chi connectivity index (χ3v) is 2.29. The van der Waals surface area contributed by atoms with Gasteiger partial charge in [-0.3, -0.25) is 5.32 Å². The Morgan fingerprint density at radius 1 is 1.42 bits per heavy atom. The Morgan fingerprint density at radius 3 is 2.83 bits per heavy atom. The second-order valence-electron chi connectivity index (χ2n) is 2.45. The molecule has 0 unspecified atom stereocenters. The third kappa shape index (κ3) is 2.93. The van der Waals surface area contributed by atoms with Crippen molar-refractivity contribution in [2.75, 3.05) is 13.8 Å². The van der Waals surface area contributed by atoms with Crippen molar-refractivity contribution in [1.82, 2.24) is 5.32 Å². The van der Waals surface area contributed by atoms with E-state index in [1.807, 2.05) is 18.2 Å². The molecule has 66 valence electrons. The Balaban J connectivity index is 2.46. The summed E-state index contributed by atoms with van der Waals surface area (Å²) in [6.45, 7) is 1.41. The van der Waals surface area contributed by atoms with Gasteiger partial charge >= 0.3 is 0 Å². The summed E-state index contributed by atoms with van der Waals surface area (Å²) in [4.78, 5) is 0. The summed E-state index contributed by atoms with van der Waals surface area (Å²) in [6, 6.07) is 8.13. The summed E-state index contributed by atoms with van der Waals surface area (Å²) in [5.74, 6) is 0. The smallest absolute Gasteiger partial charge is 0.0964 e. The first-order chi connectivity index (χ1) is 5.84. The molecule has 2 nitrogen and oxygen atoms in total. The van der Waals surface area contributed by atoms with E-state index >= 15 is 0 Å². The zero-order chi connectivity index (χ0) is 8.81. The zero-order valence-electron chi connectivity index (χ0n) is 7.01. The van der Waals surface area contributed by atoms with Gasteiger partial charge in [0, 0.05) is 18.1 Å². The van der Waals surface area contributed by atoms with Crippen LogP contribution in [-0.4, -0.2) is 13.8 Å². The molecule has 1 N–H and O–H groups in total. The van der Waals surface area contributed by atoms with E-state index in [0.29, 0.717) is 6.73 Å². The molecule has 0 saturated carbocycles. The van der Waals surface area contributed by atoms with Gasteiger partial charge in [0.05, 0.1) is 6.73 Å². The van der Waals surface area contributed by atoms with E-state index in [1.165, 1.54) is 5.56 Å². The highest BCUT2D eigenvalue weighted by atomic mass is 79.9. The van der Waals surface area contributed by atoms with E-state index in [-0.39, 0.29) is 0 Å². The maximum atomic E-state index is 4.88. The lowest BCUT2D eigenvalue weighted by Gasteiger charge is -2.04. The Hall–Kier alpha value is -0.380. The topological polar surface area (TPSA) is 21.3 Å². The van der Waals surface area contributed by atoms with Gasteiger partial charge in [0.15, 0.2) is 0 Å². The number of nitrogens with one attached hydrogen (secondary N) is 1. The predicted molar refractivity (Wildman–Crippen MR) is 52.9 cm³/mol. The minimum atomic E-state index is 0.585. The Morgan fingerprint density at radius 2 is 2.17 bits per heavy atom. The fourth-order valence-corrected chi connectivity index (χ4v) is 1.35. The SMILES string of the molecule is COCNCc1ccccc1Br. The van der Waals surface area contributed by atoms with Crippen LogP contribution in [0.25, 0.3) is 0 Å². The van der Waals surface area contributed by atoms with Gasteiger partial charge in [0.1, 0.15) is 0 Å². The molecule has 0 heterocycles. The summed E-state index contributed by atoms with van der Waals surface area (Å²) in [6.07, 6.45) is 0. The van der Waals surface area contributed by atoms with Crippen LogP contribution in [0.15, 0.2) is 28.7 Å². The normalized spacial score (nSPS) is 10.2. The first-order valence-corrected chi connectivity index (χ1v) is 4.57. The summed E-state index contributed by atoms with van der Waals surface area (Å²) in [7, 11) is 1.67. The fourth-order valence-electron chi connectivity index (χ4n) is 0.930. The van der Waals surface area contributed by atoms with Crippen molar-refractivity contribution in [3.8, 4) is 0 Å². The Labute approximate surface area is 81.1 Å². The van der Waals surface area contributed by atoms with Crippen molar-refractivity contribution in [2.45, 2.75) is 6.54 Å². The molecule has 0 aromatic heterocycles. The molecule has 1 aromatic rings. The van der Waals surface area contributed by atoms with Crippen LogP contribution in [-0.2, 0) is 11.3 Å². The lowest BCUT2D eigenvalue weighted by molar-refractivity contribution is 0.174. The molecule has 3 heteroatoms. The molecule has 0 fully saturated rings. The van der Waals surface area contributed by atoms with E-state index in [1.54, 1.807) is 7.11 Å². The number of halogens is 1. The van der Waals surface area contributed by atoms with Crippen LogP contribution >= 0.6 is 15.9 Å². The maximum Gasteiger partial charge on any atom is 0.0964 e. The molecule has 0 aliphatic heterocycles. The first kappa shape index (κ1) is 9.71. The van der Waals surface area contributed by atoms with Crippen LogP contribution < -0.4 is 5.32 Å². The lowest BCUT2D eigenvalue weighted by Crippen LogP contribution is -2.16. The summed E-state index contributed by atoms with van der Waals surface area (Å²) >= 11 is 3.47. The van der Waals surface area contributed by atoms with E-state index in [4.69, 9.17) is 4.74 Å². The Bertz CT molecular complexity index is 240. The molecule has 0 amide bonds. The first-order valence-electron chi connectivity index (χ1n) is 3.77. The second kappa shape index (κ2) is 5.30. The van der Waals surface area contributed by atoms with E-state index < -0.39 is 0 Å². The quantitative estimate of drug-likeness (QED) is 0.632. The van der Waals surface area contributed by atoms with Gasteiger partial charge in [-0.05, 0) is 11.6 Å². The van der Waals surface area contributed by atoms with Gasteiger partial charge in [-0.25, -0.2) is 0 Å². The largest absolute Gasteiger partial charge is 0.370 e. The summed E-state index contributed by atoms with van der Waals surface area (Å²) in [5.41, 5.74) is 1.24. The van der Waals surface area contributed by atoms with Gasteiger partial charge in [0.2, 0.25) is 0 Å². The van der Waals surface area contributed by atoms with E-state index in [0.717, 1.165) is 11.0 Å². The van der Waals surface area contributed by atoms with Crippen molar-refractivity contribution in [1.29, 1.82) is 0 Å². The van der Waals surface area contributed by atoms with Gasteiger partial charge < -0.3 is 4.74 Å². The van der Waals surface area contributed by atoms with Crippen LogP contribution in [0.1, 0.15) is 5.56 Å². The minimum absolute atomic E-state index is 0.585. The van der Waals surface area contributed by atoms with Crippen molar-refractivity contribution in [2.24, 2.45) is 0 Å². The highest BCUT2D eigenvalue weighted by Crippen LogP contribution is 2.14. The van der Waals surface area contributed by atoms with Crippen LogP contribution in [0.4, 0.5) is 0 Å².